The maximum atomic E-state index is 5.95. The molecule has 2 aromatic rings. The second-order valence-corrected chi connectivity index (χ2v) is 3.90. The Bertz CT molecular complexity index is 469. The molecule has 0 unspecified atom stereocenters. The molecule has 3 heteroatoms. The van der Waals surface area contributed by atoms with Crippen LogP contribution in [0, 0.1) is 0 Å². The zero-order valence-electron chi connectivity index (χ0n) is 8.78. The summed E-state index contributed by atoms with van der Waals surface area (Å²) in [5, 5.41) is 5.53. The van der Waals surface area contributed by atoms with Gasteiger partial charge in [0.2, 0.25) is 0 Å². The van der Waals surface area contributed by atoms with Crippen LogP contribution in [0.1, 0.15) is 25.5 Å². The summed E-state index contributed by atoms with van der Waals surface area (Å²) in [6, 6.07) is 5.86. The van der Waals surface area contributed by atoms with E-state index in [1.807, 2.05) is 29.9 Å². The van der Waals surface area contributed by atoms with Crippen LogP contribution < -0.4 is 5.73 Å². The number of aromatic nitrogens is 2. The molecule has 2 rings (SSSR count). The Kier molecular flexibility index (Phi) is 1.95. The van der Waals surface area contributed by atoms with E-state index in [9.17, 15) is 0 Å². The predicted molar refractivity (Wildman–Crippen MR) is 59.2 cm³/mol. The van der Waals surface area contributed by atoms with Crippen LogP contribution in [0.2, 0.25) is 0 Å². The van der Waals surface area contributed by atoms with Crippen LogP contribution in [-0.4, -0.2) is 9.78 Å². The number of fused-ring (bicyclic) bond motifs is 1. The van der Waals surface area contributed by atoms with E-state index < -0.39 is 0 Å². The number of hydrogen-bond acceptors (Lipinski definition) is 2. The van der Waals surface area contributed by atoms with E-state index in [4.69, 9.17) is 5.73 Å². The Balaban J connectivity index is 2.86. The third kappa shape index (κ3) is 1.16. The fourth-order valence-electron chi connectivity index (χ4n) is 1.96. The van der Waals surface area contributed by atoms with Crippen LogP contribution in [0.25, 0.3) is 10.9 Å². The fraction of sp³-hybridized carbons (Fsp3) is 0.364. The first-order valence-electron chi connectivity index (χ1n) is 4.82. The van der Waals surface area contributed by atoms with Crippen LogP contribution in [0.5, 0.6) is 0 Å². The van der Waals surface area contributed by atoms with Gasteiger partial charge in [0.15, 0.2) is 0 Å². The molecule has 0 aliphatic rings. The van der Waals surface area contributed by atoms with E-state index >= 15 is 0 Å². The number of nitrogens with two attached hydrogens (primary N) is 1. The Labute approximate surface area is 83.5 Å². The summed E-state index contributed by atoms with van der Waals surface area (Å²) in [5.41, 5.74) is 8.96. The van der Waals surface area contributed by atoms with Crippen molar-refractivity contribution >= 4 is 16.6 Å². The highest BCUT2D eigenvalue weighted by Crippen LogP contribution is 2.28. The number of hydrogen-bond donors (Lipinski definition) is 1. The Morgan fingerprint density at radius 2 is 2.07 bits per heavy atom. The average Bonchev–Trinajstić information content (AvgIpc) is 2.42. The lowest BCUT2D eigenvalue weighted by molar-refractivity contribution is 0.677. The molecule has 0 spiro atoms. The maximum Gasteiger partial charge on any atom is 0.0947 e. The zero-order valence-corrected chi connectivity index (χ0v) is 8.78. The molecule has 0 saturated heterocycles. The smallest absolute Gasteiger partial charge is 0.0947 e. The first-order valence-corrected chi connectivity index (χ1v) is 4.82. The Morgan fingerprint density at radius 3 is 2.71 bits per heavy atom. The molecular weight excluding hydrogens is 174 g/mol. The van der Waals surface area contributed by atoms with E-state index in [0.717, 1.165) is 16.6 Å². The summed E-state index contributed by atoms with van der Waals surface area (Å²) in [6.45, 7) is 4.31. The molecule has 1 aromatic carbocycles. The molecule has 0 fully saturated rings. The van der Waals surface area contributed by atoms with Crippen molar-refractivity contribution in [1.29, 1.82) is 0 Å². The molecule has 74 valence electrons. The predicted octanol–water partition coefficient (Wildman–Crippen LogP) is 2.28. The van der Waals surface area contributed by atoms with E-state index in [0.29, 0.717) is 5.92 Å². The van der Waals surface area contributed by atoms with Gasteiger partial charge in [0.25, 0.3) is 0 Å². The first-order chi connectivity index (χ1) is 6.61. The SMILES string of the molecule is CC(C)c1c2c(N)cccc2nn1C. The minimum atomic E-state index is 0.440. The largest absolute Gasteiger partial charge is 0.398 e. The quantitative estimate of drug-likeness (QED) is 0.699. The summed E-state index contributed by atoms with van der Waals surface area (Å²) in [6.07, 6.45) is 0. The van der Waals surface area contributed by atoms with Gasteiger partial charge in [-0.2, -0.15) is 5.10 Å². The van der Waals surface area contributed by atoms with Crippen molar-refractivity contribution in [3.05, 3.63) is 23.9 Å². The lowest BCUT2D eigenvalue weighted by Crippen LogP contribution is -2.00. The molecule has 2 N–H and O–H groups in total. The lowest BCUT2D eigenvalue weighted by atomic mass is 10.0. The molecular formula is C11H15N3. The zero-order chi connectivity index (χ0) is 10.3. The number of aryl methyl sites for hydroxylation is 1. The van der Waals surface area contributed by atoms with Gasteiger partial charge in [-0.05, 0) is 18.1 Å². The van der Waals surface area contributed by atoms with Gasteiger partial charge in [0.1, 0.15) is 0 Å². The monoisotopic (exact) mass is 189 g/mol. The third-order valence-corrected chi connectivity index (χ3v) is 2.48. The number of benzene rings is 1. The van der Waals surface area contributed by atoms with E-state index in [1.54, 1.807) is 0 Å². The molecule has 0 saturated carbocycles. The number of anilines is 1. The second kappa shape index (κ2) is 3.01. The summed E-state index contributed by atoms with van der Waals surface area (Å²) in [7, 11) is 1.97. The topological polar surface area (TPSA) is 43.8 Å². The number of nitrogens with zero attached hydrogens (tertiary/aromatic N) is 2. The molecule has 1 aromatic heterocycles. The molecule has 3 nitrogen and oxygen atoms in total. The molecule has 0 atom stereocenters. The number of nitrogen functional groups attached to an aromatic ring is 1. The Morgan fingerprint density at radius 1 is 1.36 bits per heavy atom. The van der Waals surface area contributed by atoms with Crippen molar-refractivity contribution in [3.8, 4) is 0 Å². The standard InChI is InChI=1S/C11H15N3/c1-7(2)11-10-8(12)5-4-6-9(10)13-14(11)3/h4-7H,12H2,1-3H3. The third-order valence-electron chi connectivity index (χ3n) is 2.48. The van der Waals surface area contributed by atoms with E-state index in [1.165, 1.54) is 5.69 Å². The van der Waals surface area contributed by atoms with Gasteiger partial charge in [-0.15, -0.1) is 0 Å². The summed E-state index contributed by atoms with van der Waals surface area (Å²) >= 11 is 0. The normalized spacial score (nSPS) is 11.4. The molecule has 0 aliphatic carbocycles. The summed E-state index contributed by atoms with van der Waals surface area (Å²) in [5.74, 6) is 0.440. The number of rotatable bonds is 1. The lowest BCUT2D eigenvalue weighted by Gasteiger charge is -2.06. The fourth-order valence-corrected chi connectivity index (χ4v) is 1.96. The second-order valence-electron chi connectivity index (χ2n) is 3.90. The van der Waals surface area contributed by atoms with E-state index in [2.05, 4.69) is 18.9 Å². The first kappa shape index (κ1) is 9.06. The summed E-state index contributed by atoms with van der Waals surface area (Å²) < 4.78 is 1.92. The van der Waals surface area contributed by atoms with Crippen molar-refractivity contribution in [3.63, 3.8) is 0 Å². The highest BCUT2D eigenvalue weighted by atomic mass is 15.3. The minimum absolute atomic E-state index is 0.440. The molecule has 0 bridgehead atoms. The van der Waals surface area contributed by atoms with Crippen molar-refractivity contribution in [2.24, 2.45) is 7.05 Å². The van der Waals surface area contributed by atoms with Crippen molar-refractivity contribution in [2.45, 2.75) is 19.8 Å². The average molecular weight is 189 g/mol. The van der Waals surface area contributed by atoms with Crippen molar-refractivity contribution in [2.75, 3.05) is 5.73 Å². The van der Waals surface area contributed by atoms with Crippen molar-refractivity contribution < 1.29 is 0 Å². The van der Waals surface area contributed by atoms with Crippen LogP contribution in [0.15, 0.2) is 18.2 Å². The summed E-state index contributed by atoms with van der Waals surface area (Å²) in [4.78, 5) is 0. The van der Waals surface area contributed by atoms with Crippen LogP contribution in [0.4, 0.5) is 5.69 Å². The molecule has 0 amide bonds. The van der Waals surface area contributed by atoms with Gasteiger partial charge in [0, 0.05) is 18.1 Å². The molecule has 0 aliphatic heterocycles. The maximum absolute atomic E-state index is 5.95. The van der Waals surface area contributed by atoms with Gasteiger partial charge in [-0.3, -0.25) is 4.68 Å². The molecule has 0 radical (unpaired) electrons. The highest BCUT2D eigenvalue weighted by Gasteiger charge is 2.13. The Hall–Kier alpha value is -1.51. The van der Waals surface area contributed by atoms with Gasteiger partial charge < -0.3 is 5.73 Å². The van der Waals surface area contributed by atoms with Gasteiger partial charge in [-0.1, -0.05) is 19.9 Å². The highest BCUT2D eigenvalue weighted by molar-refractivity contribution is 5.93. The van der Waals surface area contributed by atoms with Gasteiger partial charge in [0.05, 0.1) is 11.2 Å². The molecule has 1 heterocycles. The minimum Gasteiger partial charge on any atom is -0.398 e. The van der Waals surface area contributed by atoms with Crippen molar-refractivity contribution in [1.82, 2.24) is 9.78 Å². The van der Waals surface area contributed by atoms with Crippen LogP contribution in [0.3, 0.4) is 0 Å². The van der Waals surface area contributed by atoms with Crippen LogP contribution in [-0.2, 0) is 7.05 Å². The van der Waals surface area contributed by atoms with Gasteiger partial charge >= 0.3 is 0 Å². The van der Waals surface area contributed by atoms with Gasteiger partial charge in [-0.25, -0.2) is 0 Å². The van der Waals surface area contributed by atoms with E-state index in [-0.39, 0.29) is 0 Å². The van der Waals surface area contributed by atoms with Crippen LogP contribution >= 0.6 is 0 Å². The molecule has 14 heavy (non-hydrogen) atoms.